The summed E-state index contributed by atoms with van der Waals surface area (Å²) in [5.41, 5.74) is 2.21. The Labute approximate surface area is 228 Å². The van der Waals surface area contributed by atoms with Gasteiger partial charge in [0.2, 0.25) is 0 Å². The average molecular weight is 545 g/mol. The summed E-state index contributed by atoms with van der Waals surface area (Å²) in [7, 11) is 0. The molecular weight excluding hydrogens is 506 g/mol. The molecule has 1 saturated carbocycles. The van der Waals surface area contributed by atoms with Crippen LogP contribution in [0.25, 0.3) is 0 Å². The first-order valence-corrected chi connectivity index (χ1v) is 13.7. The lowest BCUT2D eigenvalue weighted by atomic mass is 9.73. The van der Waals surface area contributed by atoms with Gasteiger partial charge in [-0.25, -0.2) is 18.4 Å². The molecule has 2 aromatic rings. The minimum absolute atomic E-state index is 0.322. The number of alkyl halides is 2. The highest BCUT2D eigenvalue weighted by Crippen LogP contribution is 2.46. The zero-order valence-electron chi connectivity index (χ0n) is 23.1. The normalized spacial score (nSPS) is 18.0. The number of hydrogen-bond donors (Lipinski definition) is 2. The number of fused-ring (bicyclic) bond motifs is 1. The second-order valence-corrected chi connectivity index (χ2v) is 10.7. The average Bonchev–Trinajstić information content (AvgIpc) is 3.28. The zero-order chi connectivity index (χ0) is 28.4. The molecule has 0 aliphatic heterocycles. The van der Waals surface area contributed by atoms with E-state index < -0.39 is 42.3 Å². The topological polar surface area (TPSA) is 88.1 Å². The van der Waals surface area contributed by atoms with Crippen LogP contribution in [0.2, 0.25) is 0 Å². The monoisotopic (exact) mass is 544 g/mol. The Morgan fingerprint density at radius 1 is 1.08 bits per heavy atom. The fourth-order valence-corrected chi connectivity index (χ4v) is 5.76. The SMILES string of the molecule is CCOc1cc(C(C)N(CCC2Cc3ccccc3C2)C(=O)NC2(C(=O)O)CC(F)(F)C2)cc(OCC)c1C. The third-order valence-electron chi connectivity index (χ3n) is 7.94. The Morgan fingerprint density at radius 2 is 1.62 bits per heavy atom. The van der Waals surface area contributed by atoms with Crippen molar-refractivity contribution in [3.8, 4) is 11.5 Å². The molecule has 0 spiro atoms. The van der Waals surface area contributed by atoms with Crippen LogP contribution in [0.1, 0.15) is 68.3 Å². The molecular formula is C30H38F2N2O5. The number of halogens is 2. The highest BCUT2D eigenvalue weighted by Gasteiger charge is 2.62. The molecule has 9 heteroatoms. The van der Waals surface area contributed by atoms with E-state index in [9.17, 15) is 23.5 Å². The Balaban J connectivity index is 1.60. The van der Waals surface area contributed by atoms with Gasteiger partial charge in [0.1, 0.15) is 11.5 Å². The Morgan fingerprint density at radius 3 is 2.08 bits per heavy atom. The first kappa shape index (κ1) is 28.6. The van der Waals surface area contributed by atoms with Crippen LogP contribution in [0.3, 0.4) is 0 Å². The second kappa shape index (κ2) is 11.4. The van der Waals surface area contributed by atoms with Crippen LogP contribution in [0.15, 0.2) is 36.4 Å². The van der Waals surface area contributed by atoms with Gasteiger partial charge in [-0.15, -0.1) is 0 Å². The fraction of sp³-hybridized carbons (Fsp3) is 0.533. The number of carboxylic acids is 1. The zero-order valence-corrected chi connectivity index (χ0v) is 23.1. The summed E-state index contributed by atoms with van der Waals surface area (Å²) < 4.78 is 39.2. The number of carboxylic acid groups (broad SMARTS) is 1. The molecule has 1 fully saturated rings. The van der Waals surface area contributed by atoms with Gasteiger partial charge in [-0.05, 0) is 81.7 Å². The minimum atomic E-state index is -3.12. The van der Waals surface area contributed by atoms with Crippen molar-refractivity contribution in [2.75, 3.05) is 19.8 Å². The molecule has 2 aromatic carbocycles. The molecule has 1 unspecified atom stereocenters. The molecule has 1 atom stereocenters. The number of hydrogen-bond acceptors (Lipinski definition) is 4. The van der Waals surface area contributed by atoms with Crippen molar-refractivity contribution in [3.05, 3.63) is 58.7 Å². The molecule has 212 valence electrons. The quantitative estimate of drug-likeness (QED) is 0.367. The van der Waals surface area contributed by atoms with E-state index in [0.29, 0.717) is 43.6 Å². The predicted octanol–water partition coefficient (Wildman–Crippen LogP) is 5.92. The molecule has 0 heterocycles. The van der Waals surface area contributed by atoms with E-state index in [2.05, 4.69) is 17.4 Å². The van der Waals surface area contributed by atoms with Crippen molar-refractivity contribution in [3.63, 3.8) is 0 Å². The summed E-state index contributed by atoms with van der Waals surface area (Å²) in [5.74, 6) is -2.97. The lowest BCUT2D eigenvalue weighted by Gasteiger charge is -2.45. The smallest absolute Gasteiger partial charge is 0.329 e. The van der Waals surface area contributed by atoms with Crippen molar-refractivity contribution >= 4 is 12.0 Å². The Bertz CT molecular complexity index is 1160. The number of aliphatic carboxylic acids is 1. The maximum Gasteiger partial charge on any atom is 0.329 e. The summed E-state index contributed by atoms with van der Waals surface area (Å²) >= 11 is 0. The molecule has 2 aliphatic rings. The van der Waals surface area contributed by atoms with Gasteiger partial charge in [-0.2, -0.15) is 0 Å². The molecule has 0 saturated heterocycles. The lowest BCUT2D eigenvalue weighted by molar-refractivity contribution is -0.175. The van der Waals surface area contributed by atoms with Gasteiger partial charge >= 0.3 is 12.0 Å². The predicted molar refractivity (Wildman–Crippen MR) is 144 cm³/mol. The van der Waals surface area contributed by atoms with Gasteiger partial charge in [0, 0.05) is 24.9 Å². The van der Waals surface area contributed by atoms with Gasteiger partial charge in [0.05, 0.1) is 19.3 Å². The van der Waals surface area contributed by atoms with Crippen LogP contribution < -0.4 is 14.8 Å². The molecule has 2 N–H and O–H groups in total. The number of nitrogens with zero attached hydrogens (tertiary/aromatic N) is 1. The van der Waals surface area contributed by atoms with Gasteiger partial charge in [0.15, 0.2) is 5.54 Å². The van der Waals surface area contributed by atoms with Crippen molar-refractivity contribution < 1.29 is 33.0 Å². The summed E-state index contributed by atoms with van der Waals surface area (Å²) in [6, 6.07) is 10.8. The number of carbonyl (C=O) groups excluding carboxylic acids is 1. The third-order valence-corrected chi connectivity index (χ3v) is 7.94. The van der Waals surface area contributed by atoms with Crippen molar-refractivity contribution in [2.24, 2.45) is 5.92 Å². The number of nitrogens with one attached hydrogen (secondary N) is 1. The number of rotatable bonds is 11. The first-order chi connectivity index (χ1) is 18.5. The number of urea groups is 1. The summed E-state index contributed by atoms with van der Waals surface area (Å²) in [6.45, 7) is 8.75. The summed E-state index contributed by atoms with van der Waals surface area (Å²) in [5, 5.41) is 12.2. The van der Waals surface area contributed by atoms with E-state index >= 15 is 0 Å². The van der Waals surface area contributed by atoms with Crippen molar-refractivity contribution in [1.82, 2.24) is 10.2 Å². The number of benzene rings is 2. The number of ether oxygens (including phenoxy) is 2. The van der Waals surface area contributed by atoms with Gasteiger partial charge in [-0.3, -0.25) is 0 Å². The molecule has 2 aliphatic carbocycles. The van der Waals surface area contributed by atoms with Crippen molar-refractivity contribution in [1.29, 1.82) is 0 Å². The third kappa shape index (κ3) is 6.12. The summed E-state index contributed by atoms with van der Waals surface area (Å²) in [6.07, 6.45) is 0.645. The van der Waals surface area contributed by atoms with Crippen LogP contribution in [0.5, 0.6) is 11.5 Å². The second-order valence-electron chi connectivity index (χ2n) is 10.7. The summed E-state index contributed by atoms with van der Waals surface area (Å²) in [4.78, 5) is 27.1. The van der Waals surface area contributed by atoms with Crippen LogP contribution in [-0.4, -0.2) is 53.2 Å². The standard InChI is InChI=1S/C30H38F2N2O5/c1-5-38-25-15-24(16-26(19(25)3)39-6-2)20(4)34(12-11-21-13-22-9-7-8-10-23(22)14-21)28(37)33-29(27(35)36)17-30(31,32)18-29/h7-10,15-16,20-21H,5-6,11-14,17-18H2,1-4H3,(H,33,37)(H,35,36). The Kier molecular flexibility index (Phi) is 8.37. The number of amides is 2. The highest BCUT2D eigenvalue weighted by molar-refractivity contribution is 5.88. The maximum atomic E-state index is 13.8. The van der Waals surface area contributed by atoms with Crippen molar-refractivity contribution in [2.45, 2.75) is 77.3 Å². The molecule has 4 rings (SSSR count). The largest absolute Gasteiger partial charge is 0.493 e. The van der Waals surface area contributed by atoms with Gasteiger partial charge in [0.25, 0.3) is 5.92 Å². The van der Waals surface area contributed by atoms with E-state index in [1.807, 2.05) is 52.0 Å². The van der Waals surface area contributed by atoms with E-state index in [0.717, 1.165) is 24.0 Å². The fourth-order valence-electron chi connectivity index (χ4n) is 5.76. The first-order valence-electron chi connectivity index (χ1n) is 13.7. The minimum Gasteiger partial charge on any atom is -0.493 e. The van der Waals surface area contributed by atoms with E-state index in [4.69, 9.17) is 9.47 Å². The van der Waals surface area contributed by atoms with Gasteiger partial charge in [-0.1, -0.05) is 24.3 Å². The highest BCUT2D eigenvalue weighted by atomic mass is 19.3. The molecule has 0 radical (unpaired) electrons. The molecule has 39 heavy (non-hydrogen) atoms. The maximum absolute atomic E-state index is 13.8. The molecule has 7 nitrogen and oxygen atoms in total. The van der Waals surface area contributed by atoms with Crippen LogP contribution in [0, 0.1) is 12.8 Å². The molecule has 0 aromatic heterocycles. The van der Waals surface area contributed by atoms with Gasteiger partial charge < -0.3 is 24.8 Å². The van der Waals surface area contributed by atoms with Crippen LogP contribution in [-0.2, 0) is 17.6 Å². The molecule has 2 amide bonds. The van der Waals surface area contributed by atoms with E-state index in [-0.39, 0.29) is 0 Å². The number of carbonyl (C=O) groups is 2. The van der Waals surface area contributed by atoms with Crippen LogP contribution >= 0.6 is 0 Å². The lowest BCUT2D eigenvalue weighted by Crippen LogP contribution is -2.68. The van der Waals surface area contributed by atoms with E-state index in [1.165, 1.54) is 11.1 Å². The Hall–Kier alpha value is -3.36. The molecule has 0 bridgehead atoms. The van der Waals surface area contributed by atoms with Crippen LogP contribution in [0.4, 0.5) is 13.6 Å². The van der Waals surface area contributed by atoms with E-state index in [1.54, 1.807) is 4.90 Å².